The van der Waals surface area contributed by atoms with Crippen molar-refractivity contribution in [1.29, 1.82) is 0 Å². The molecular formula is C22H25NO4. The van der Waals surface area contributed by atoms with Gasteiger partial charge in [-0.25, -0.2) is 0 Å². The van der Waals surface area contributed by atoms with Crippen LogP contribution < -0.4 is 9.47 Å². The highest BCUT2D eigenvalue weighted by Gasteiger charge is 2.25. The minimum Gasteiger partial charge on any atom is -0.496 e. The number of carbonyl (C=O) groups is 2. The average molecular weight is 367 g/mol. The highest BCUT2D eigenvalue weighted by molar-refractivity contribution is 6.13. The fourth-order valence-corrected chi connectivity index (χ4v) is 3.41. The van der Waals surface area contributed by atoms with Gasteiger partial charge in [0.25, 0.3) is 0 Å². The van der Waals surface area contributed by atoms with Crippen LogP contribution in [0.25, 0.3) is 0 Å². The molecule has 0 amide bonds. The first-order valence-electron chi connectivity index (χ1n) is 9.18. The molecule has 1 aliphatic rings. The van der Waals surface area contributed by atoms with Crippen molar-refractivity contribution in [3.8, 4) is 11.5 Å². The number of ether oxygens (including phenoxy) is 2. The molecule has 5 heteroatoms. The lowest BCUT2D eigenvalue weighted by Crippen LogP contribution is -2.16. The molecular weight excluding hydrogens is 342 g/mol. The molecule has 0 fully saturated rings. The first-order chi connectivity index (χ1) is 13.0. The van der Waals surface area contributed by atoms with Gasteiger partial charge in [-0.3, -0.25) is 9.59 Å². The minimum absolute atomic E-state index is 0.0428. The fraction of sp³-hybridized carbons (Fsp3) is 0.364. The maximum Gasteiger partial charge on any atom is 0.311 e. The van der Waals surface area contributed by atoms with Gasteiger partial charge in [-0.15, -0.1) is 0 Å². The molecule has 0 saturated carbocycles. The summed E-state index contributed by atoms with van der Waals surface area (Å²) in [6.07, 6.45) is 2.54. The monoisotopic (exact) mass is 367 g/mol. The minimum atomic E-state index is -0.276. The topological polar surface area (TPSA) is 55.8 Å². The molecule has 0 unspecified atom stereocenters. The van der Waals surface area contributed by atoms with Crippen molar-refractivity contribution in [1.82, 2.24) is 4.90 Å². The van der Waals surface area contributed by atoms with Gasteiger partial charge < -0.3 is 14.4 Å². The molecule has 0 spiro atoms. The van der Waals surface area contributed by atoms with E-state index in [1.54, 1.807) is 12.1 Å². The number of methoxy groups -OCH3 is 1. The number of rotatable bonds is 6. The average Bonchev–Trinajstić information content (AvgIpc) is 2.78. The van der Waals surface area contributed by atoms with Crippen LogP contribution in [0.3, 0.4) is 0 Å². The highest BCUT2D eigenvalue weighted by atomic mass is 16.5. The molecule has 2 aromatic carbocycles. The Labute approximate surface area is 159 Å². The third-order valence-electron chi connectivity index (χ3n) is 4.75. The predicted molar refractivity (Wildman–Crippen MR) is 104 cm³/mol. The van der Waals surface area contributed by atoms with Gasteiger partial charge in [-0.1, -0.05) is 24.3 Å². The van der Waals surface area contributed by atoms with Gasteiger partial charge in [0.1, 0.15) is 11.5 Å². The highest BCUT2D eigenvalue weighted by Crippen LogP contribution is 2.34. The molecule has 0 aromatic heterocycles. The van der Waals surface area contributed by atoms with Crippen molar-refractivity contribution in [2.24, 2.45) is 0 Å². The van der Waals surface area contributed by atoms with E-state index in [1.165, 1.54) is 7.11 Å². The summed E-state index contributed by atoms with van der Waals surface area (Å²) in [5, 5.41) is 0. The number of ketones is 1. The Morgan fingerprint density at radius 2 is 1.85 bits per heavy atom. The van der Waals surface area contributed by atoms with E-state index in [9.17, 15) is 9.59 Å². The van der Waals surface area contributed by atoms with Crippen molar-refractivity contribution in [3.05, 3.63) is 58.7 Å². The lowest BCUT2D eigenvalue weighted by atomic mass is 9.97. The number of benzene rings is 2. The van der Waals surface area contributed by atoms with Crippen LogP contribution in [0, 0.1) is 0 Å². The third kappa shape index (κ3) is 4.37. The molecule has 1 aliphatic carbocycles. The van der Waals surface area contributed by atoms with Crippen LogP contribution in [0.5, 0.6) is 11.5 Å². The summed E-state index contributed by atoms with van der Waals surface area (Å²) in [6.45, 7) is 0.829. The molecule has 0 N–H and O–H groups in total. The quantitative estimate of drug-likeness (QED) is 0.579. The maximum absolute atomic E-state index is 13.1. The Kier molecular flexibility index (Phi) is 5.91. The van der Waals surface area contributed by atoms with Crippen LogP contribution in [0.2, 0.25) is 0 Å². The van der Waals surface area contributed by atoms with Gasteiger partial charge >= 0.3 is 5.97 Å². The summed E-state index contributed by atoms with van der Waals surface area (Å²) >= 11 is 0. The molecule has 0 saturated heterocycles. The number of esters is 1. The molecule has 0 aliphatic heterocycles. The van der Waals surface area contributed by atoms with Gasteiger partial charge in [0.15, 0.2) is 5.78 Å². The van der Waals surface area contributed by atoms with Gasteiger partial charge in [-0.05, 0) is 57.1 Å². The Morgan fingerprint density at radius 3 is 2.59 bits per heavy atom. The SMILES string of the molecule is COc1cc(OC(=O)CCCN(C)C)cc2c1C(=O)c1ccccc1CC2. The number of hydrogen-bond acceptors (Lipinski definition) is 5. The van der Waals surface area contributed by atoms with Gasteiger partial charge in [-0.2, -0.15) is 0 Å². The van der Waals surface area contributed by atoms with Gasteiger partial charge in [0, 0.05) is 18.1 Å². The number of aryl methyl sites for hydroxylation is 2. The van der Waals surface area contributed by atoms with Crippen molar-refractivity contribution in [3.63, 3.8) is 0 Å². The van der Waals surface area contributed by atoms with E-state index >= 15 is 0 Å². The molecule has 0 atom stereocenters. The van der Waals surface area contributed by atoms with E-state index < -0.39 is 0 Å². The Bertz CT molecular complexity index is 857. The smallest absolute Gasteiger partial charge is 0.311 e. The standard InChI is InChI=1S/C22H25NO4/c1-23(2)12-6-9-20(24)27-17-13-16-11-10-15-7-4-5-8-18(15)22(25)21(16)19(14-17)26-3/h4-5,7-8,13-14H,6,9-12H2,1-3H3. The maximum atomic E-state index is 13.1. The van der Waals surface area contributed by atoms with Crippen molar-refractivity contribution in [2.75, 3.05) is 27.7 Å². The zero-order valence-electron chi connectivity index (χ0n) is 16.1. The second-order valence-electron chi connectivity index (χ2n) is 7.03. The molecule has 27 heavy (non-hydrogen) atoms. The summed E-state index contributed by atoms with van der Waals surface area (Å²) in [5.41, 5.74) is 3.16. The van der Waals surface area contributed by atoms with E-state index in [2.05, 4.69) is 0 Å². The molecule has 0 bridgehead atoms. The number of fused-ring (bicyclic) bond motifs is 2. The summed E-state index contributed by atoms with van der Waals surface area (Å²) in [7, 11) is 5.47. The van der Waals surface area contributed by atoms with E-state index in [0.29, 0.717) is 35.5 Å². The molecule has 0 radical (unpaired) electrons. The van der Waals surface area contributed by atoms with E-state index in [0.717, 1.165) is 30.5 Å². The molecule has 2 aromatic rings. The Morgan fingerprint density at radius 1 is 1.11 bits per heavy atom. The number of hydrogen-bond donors (Lipinski definition) is 0. The lowest BCUT2D eigenvalue weighted by molar-refractivity contribution is -0.134. The molecule has 3 rings (SSSR count). The third-order valence-corrected chi connectivity index (χ3v) is 4.75. The summed E-state index contributed by atoms with van der Waals surface area (Å²) in [4.78, 5) is 27.2. The zero-order chi connectivity index (χ0) is 19.4. The number of nitrogens with zero attached hydrogens (tertiary/aromatic N) is 1. The van der Waals surface area contributed by atoms with Crippen molar-refractivity contribution < 1.29 is 19.1 Å². The molecule has 142 valence electrons. The van der Waals surface area contributed by atoms with Gasteiger partial charge in [0.05, 0.1) is 12.7 Å². The Hall–Kier alpha value is -2.66. The largest absolute Gasteiger partial charge is 0.496 e. The lowest BCUT2D eigenvalue weighted by Gasteiger charge is -2.14. The normalized spacial score (nSPS) is 13.0. The van der Waals surface area contributed by atoms with Crippen LogP contribution in [-0.2, 0) is 17.6 Å². The van der Waals surface area contributed by atoms with Crippen molar-refractivity contribution >= 4 is 11.8 Å². The second-order valence-corrected chi connectivity index (χ2v) is 7.03. The first kappa shape index (κ1) is 19.1. The van der Waals surface area contributed by atoms with Crippen LogP contribution >= 0.6 is 0 Å². The van der Waals surface area contributed by atoms with E-state index in [-0.39, 0.29) is 11.8 Å². The summed E-state index contributed by atoms with van der Waals surface area (Å²) in [5.74, 6) is 0.561. The second kappa shape index (κ2) is 8.35. The molecule has 5 nitrogen and oxygen atoms in total. The predicted octanol–water partition coefficient (Wildman–Crippen LogP) is 3.27. The fourth-order valence-electron chi connectivity index (χ4n) is 3.41. The van der Waals surface area contributed by atoms with Crippen LogP contribution in [-0.4, -0.2) is 44.4 Å². The summed E-state index contributed by atoms with van der Waals surface area (Å²) in [6, 6.07) is 11.1. The van der Waals surface area contributed by atoms with Crippen LogP contribution in [0.4, 0.5) is 0 Å². The van der Waals surface area contributed by atoms with Crippen LogP contribution in [0.15, 0.2) is 36.4 Å². The van der Waals surface area contributed by atoms with Crippen molar-refractivity contribution in [2.45, 2.75) is 25.7 Å². The van der Waals surface area contributed by atoms with Crippen LogP contribution in [0.1, 0.15) is 39.9 Å². The van der Waals surface area contributed by atoms with E-state index in [1.807, 2.05) is 43.3 Å². The summed E-state index contributed by atoms with van der Waals surface area (Å²) < 4.78 is 11.0. The zero-order valence-corrected chi connectivity index (χ0v) is 16.1. The van der Waals surface area contributed by atoms with E-state index in [4.69, 9.17) is 9.47 Å². The Balaban J connectivity index is 1.85. The first-order valence-corrected chi connectivity index (χ1v) is 9.18. The van der Waals surface area contributed by atoms with Gasteiger partial charge in [0.2, 0.25) is 0 Å². The molecule has 0 heterocycles. The number of carbonyl (C=O) groups excluding carboxylic acids is 2.